The molecule has 0 aliphatic carbocycles. The molecule has 0 bridgehead atoms. The van der Waals surface area contributed by atoms with Crippen LogP contribution in [0.15, 0.2) is 18.2 Å². The van der Waals surface area contributed by atoms with Crippen molar-refractivity contribution in [3.05, 3.63) is 23.8 Å². The second-order valence-corrected chi connectivity index (χ2v) is 5.57. The highest BCUT2D eigenvalue weighted by Crippen LogP contribution is 2.31. The van der Waals surface area contributed by atoms with E-state index in [1.807, 2.05) is 32.0 Å². The van der Waals surface area contributed by atoms with Crippen molar-refractivity contribution in [2.24, 2.45) is 0 Å². The fraction of sp³-hybridized carbons (Fsp3) is 0.500. The summed E-state index contributed by atoms with van der Waals surface area (Å²) in [6.45, 7) is 4.78. The van der Waals surface area contributed by atoms with Gasteiger partial charge in [0.2, 0.25) is 5.91 Å². The topological polar surface area (TPSA) is 38.8 Å². The van der Waals surface area contributed by atoms with Gasteiger partial charge in [0.05, 0.1) is 18.5 Å². The number of hydrogen-bond acceptors (Lipinski definition) is 3. The highest BCUT2D eigenvalue weighted by atomic mass is 79.9. The first-order valence-corrected chi connectivity index (χ1v) is 7.10. The lowest BCUT2D eigenvalue weighted by Crippen LogP contribution is -2.31. The second kappa shape index (κ2) is 7.38. The Balaban J connectivity index is 2.97. The van der Waals surface area contributed by atoms with E-state index >= 15 is 0 Å². The minimum atomic E-state index is -0.196. The van der Waals surface area contributed by atoms with E-state index < -0.39 is 0 Å². The van der Waals surface area contributed by atoms with Crippen molar-refractivity contribution in [3.63, 3.8) is 0 Å². The monoisotopic (exact) mass is 329 g/mol. The van der Waals surface area contributed by atoms with Gasteiger partial charge in [-0.1, -0.05) is 28.1 Å². The molecule has 1 unspecified atom stereocenters. The molecule has 0 spiro atoms. The number of methoxy groups -OCH3 is 1. The fourth-order valence-corrected chi connectivity index (χ4v) is 2.14. The Morgan fingerprint density at radius 1 is 1.47 bits per heavy atom. The number of carbonyl (C=O) groups excluding carboxylic acids is 1. The van der Waals surface area contributed by atoms with Crippen LogP contribution >= 0.6 is 15.9 Å². The molecule has 0 radical (unpaired) electrons. The summed E-state index contributed by atoms with van der Waals surface area (Å²) in [5.41, 5.74) is 0.935. The van der Waals surface area contributed by atoms with Gasteiger partial charge in [-0.15, -0.1) is 0 Å². The molecule has 4 nitrogen and oxygen atoms in total. The Bertz CT molecular complexity index is 435. The summed E-state index contributed by atoms with van der Waals surface area (Å²) in [5, 5.41) is 0. The molecule has 0 aromatic heterocycles. The summed E-state index contributed by atoms with van der Waals surface area (Å²) < 4.78 is 10.9. The van der Waals surface area contributed by atoms with Crippen LogP contribution in [-0.4, -0.2) is 36.4 Å². The first-order chi connectivity index (χ1) is 9.01. The first kappa shape index (κ1) is 15.8. The maximum Gasteiger partial charge on any atom is 0.236 e. The number of carbonyl (C=O) groups is 1. The van der Waals surface area contributed by atoms with Gasteiger partial charge >= 0.3 is 0 Å². The number of alkyl halides is 1. The zero-order valence-corrected chi connectivity index (χ0v) is 13.4. The van der Waals surface area contributed by atoms with E-state index in [9.17, 15) is 4.79 Å². The zero-order valence-electron chi connectivity index (χ0n) is 11.8. The standard InChI is InChI=1S/C14H20BrNO3/c1-5-19-13-11(7-6-8-12(13)18-4)9-16(3)14(17)10(2)15/h6-8,10H,5,9H2,1-4H3. The smallest absolute Gasteiger partial charge is 0.236 e. The third kappa shape index (κ3) is 4.13. The summed E-state index contributed by atoms with van der Waals surface area (Å²) in [5.74, 6) is 1.42. The van der Waals surface area contributed by atoms with Crippen LogP contribution in [0.2, 0.25) is 0 Å². The molecule has 1 atom stereocenters. The lowest BCUT2D eigenvalue weighted by molar-refractivity contribution is -0.129. The number of rotatable bonds is 6. The molecular formula is C14H20BrNO3. The van der Waals surface area contributed by atoms with Gasteiger partial charge in [-0.2, -0.15) is 0 Å². The van der Waals surface area contributed by atoms with Gasteiger partial charge in [0, 0.05) is 19.2 Å². The molecule has 1 amide bonds. The Labute approximate surface area is 122 Å². The number of benzene rings is 1. The first-order valence-electron chi connectivity index (χ1n) is 6.19. The summed E-state index contributed by atoms with van der Waals surface area (Å²) in [6, 6.07) is 5.69. The Hall–Kier alpha value is -1.23. The van der Waals surface area contributed by atoms with E-state index in [2.05, 4.69) is 15.9 Å². The summed E-state index contributed by atoms with van der Waals surface area (Å²) in [4.78, 5) is 13.3. The van der Waals surface area contributed by atoms with Gasteiger partial charge in [0.25, 0.3) is 0 Å². The predicted octanol–water partition coefficient (Wildman–Crippen LogP) is 2.84. The van der Waals surface area contributed by atoms with Crippen LogP contribution in [0.5, 0.6) is 11.5 Å². The fourth-order valence-electron chi connectivity index (χ4n) is 1.79. The van der Waals surface area contributed by atoms with Crippen LogP contribution in [0.3, 0.4) is 0 Å². The Morgan fingerprint density at radius 2 is 2.16 bits per heavy atom. The van der Waals surface area contributed by atoms with Gasteiger partial charge in [-0.25, -0.2) is 0 Å². The predicted molar refractivity (Wildman–Crippen MR) is 79.0 cm³/mol. The molecule has 0 fully saturated rings. The summed E-state index contributed by atoms with van der Waals surface area (Å²) in [7, 11) is 3.38. The van der Waals surface area contributed by atoms with Crippen LogP contribution in [0.1, 0.15) is 19.4 Å². The van der Waals surface area contributed by atoms with Gasteiger partial charge in [-0.05, 0) is 19.9 Å². The average Bonchev–Trinajstić information content (AvgIpc) is 2.39. The Kier molecular flexibility index (Phi) is 6.15. The van der Waals surface area contributed by atoms with E-state index in [-0.39, 0.29) is 10.7 Å². The number of nitrogens with zero attached hydrogens (tertiary/aromatic N) is 1. The SMILES string of the molecule is CCOc1c(CN(C)C(=O)C(C)Br)cccc1OC. The third-order valence-corrected chi connectivity index (χ3v) is 3.08. The molecule has 0 saturated heterocycles. The largest absolute Gasteiger partial charge is 0.493 e. The molecule has 1 aromatic carbocycles. The van der Waals surface area contributed by atoms with Crippen molar-refractivity contribution in [1.29, 1.82) is 0 Å². The highest BCUT2D eigenvalue weighted by Gasteiger charge is 2.17. The van der Waals surface area contributed by atoms with Gasteiger partial charge in [0.15, 0.2) is 11.5 Å². The lowest BCUT2D eigenvalue weighted by atomic mass is 10.1. The molecule has 0 saturated carbocycles. The molecule has 0 N–H and O–H groups in total. The van der Waals surface area contributed by atoms with E-state index in [1.165, 1.54) is 0 Å². The maximum atomic E-state index is 11.9. The van der Waals surface area contributed by atoms with E-state index in [4.69, 9.17) is 9.47 Å². The van der Waals surface area contributed by atoms with Crippen molar-refractivity contribution in [2.45, 2.75) is 25.2 Å². The normalized spacial score (nSPS) is 11.8. The van der Waals surface area contributed by atoms with E-state index in [1.54, 1.807) is 19.1 Å². The molecule has 0 heterocycles. The van der Waals surface area contributed by atoms with Gasteiger partial charge in [0.1, 0.15) is 0 Å². The zero-order chi connectivity index (χ0) is 14.4. The number of amides is 1. The van der Waals surface area contributed by atoms with Crippen LogP contribution in [0, 0.1) is 0 Å². The molecule has 19 heavy (non-hydrogen) atoms. The van der Waals surface area contributed by atoms with E-state index in [0.717, 1.165) is 5.56 Å². The quantitative estimate of drug-likeness (QED) is 0.753. The van der Waals surface area contributed by atoms with Crippen molar-refractivity contribution in [1.82, 2.24) is 4.90 Å². The van der Waals surface area contributed by atoms with Crippen molar-refractivity contribution < 1.29 is 14.3 Å². The van der Waals surface area contributed by atoms with Crippen LogP contribution in [0.4, 0.5) is 0 Å². The van der Waals surface area contributed by atoms with Gasteiger partial charge < -0.3 is 14.4 Å². The molecular weight excluding hydrogens is 310 g/mol. The van der Waals surface area contributed by atoms with Crippen molar-refractivity contribution in [2.75, 3.05) is 20.8 Å². The summed E-state index contributed by atoms with van der Waals surface area (Å²) >= 11 is 3.28. The highest BCUT2D eigenvalue weighted by molar-refractivity contribution is 9.10. The average molecular weight is 330 g/mol. The molecule has 1 rings (SSSR count). The van der Waals surface area contributed by atoms with Crippen molar-refractivity contribution in [3.8, 4) is 11.5 Å². The molecule has 106 valence electrons. The second-order valence-electron chi connectivity index (χ2n) is 4.19. The van der Waals surface area contributed by atoms with Crippen LogP contribution < -0.4 is 9.47 Å². The minimum absolute atomic E-state index is 0.0327. The van der Waals surface area contributed by atoms with Crippen LogP contribution in [-0.2, 0) is 11.3 Å². The molecule has 0 aliphatic rings. The molecule has 1 aromatic rings. The number of hydrogen-bond donors (Lipinski definition) is 0. The lowest BCUT2D eigenvalue weighted by Gasteiger charge is -2.21. The number of halogens is 1. The van der Waals surface area contributed by atoms with Crippen LogP contribution in [0.25, 0.3) is 0 Å². The van der Waals surface area contributed by atoms with Crippen molar-refractivity contribution >= 4 is 21.8 Å². The Morgan fingerprint density at radius 3 is 2.68 bits per heavy atom. The maximum absolute atomic E-state index is 11.9. The number of ether oxygens (including phenoxy) is 2. The molecule has 5 heteroatoms. The van der Waals surface area contributed by atoms with Gasteiger partial charge in [-0.3, -0.25) is 4.79 Å². The third-order valence-electron chi connectivity index (χ3n) is 2.69. The minimum Gasteiger partial charge on any atom is -0.493 e. The molecule has 0 aliphatic heterocycles. The number of para-hydroxylation sites is 1. The van der Waals surface area contributed by atoms with E-state index in [0.29, 0.717) is 24.7 Å². The summed E-state index contributed by atoms with van der Waals surface area (Å²) in [6.07, 6.45) is 0.